The van der Waals surface area contributed by atoms with Gasteiger partial charge in [-0.05, 0) is 23.8 Å². The van der Waals surface area contributed by atoms with Crippen LogP contribution in [0.15, 0.2) is 36.7 Å². The third-order valence-electron chi connectivity index (χ3n) is 2.34. The fraction of sp³-hybridized carbons (Fsp3) is 0.167. The Bertz CT molecular complexity index is 538. The number of alkyl halides is 3. The van der Waals surface area contributed by atoms with Crippen LogP contribution in [0.1, 0.15) is 11.3 Å². The molecule has 4 nitrogen and oxygen atoms in total. The van der Waals surface area contributed by atoms with Crippen LogP contribution in [0.25, 0.3) is 0 Å². The van der Waals surface area contributed by atoms with Crippen molar-refractivity contribution in [3.63, 3.8) is 0 Å². The second-order valence-electron chi connectivity index (χ2n) is 3.80. The van der Waals surface area contributed by atoms with Crippen LogP contribution in [0.4, 0.5) is 19.0 Å². The molecule has 0 bridgehead atoms. The molecular weight excluding hydrogens is 259 g/mol. The first kappa shape index (κ1) is 13.1. The highest BCUT2D eigenvalue weighted by Gasteiger charge is 2.31. The monoisotopic (exact) mass is 269 g/mol. The van der Waals surface area contributed by atoms with Gasteiger partial charge in [0.15, 0.2) is 0 Å². The number of aromatic hydroxyl groups is 1. The maximum absolute atomic E-state index is 12.3. The molecule has 2 N–H and O–H groups in total. The fourth-order valence-corrected chi connectivity index (χ4v) is 1.38. The van der Waals surface area contributed by atoms with E-state index >= 15 is 0 Å². The molecule has 0 saturated carbocycles. The molecule has 100 valence electrons. The second kappa shape index (κ2) is 5.13. The van der Waals surface area contributed by atoms with E-state index in [0.29, 0.717) is 17.9 Å². The van der Waals surface area contributed by atoms with E-state index in [2.05, 4.69) is 15.3 Å². The quantitative estimate of drug-likeness (QED) is 0.899. The Hall–Kier alpha value is -2.31. The van der Waals surface area contributed by atoms with Crippen LogP contribution in [0.3, 0.4) is 0 Å². The van der Waals surface area contributed by atoms with E-state index < -0.39 is 11.9 Å². The minimum atomic E-state index is -4.43. The third kappa shape index (κ3) is 3.57. The molecule has 0 fully saturated rings. The smallest absolute Gasteiger partial charge is 0.433 e. The number of nitrogens with zero attached hydrogens (tertiary/aromatic N) is 2. The van der Waals surface area contributed by atoms with Crippen LogP contribution < -0.4 is 5.32 Å². The summed E-state index contributed by atoms with van der Waals surface area (Å²) in [6.07, 6.45) is -1.99. The topological polar surface area (TPSA) is 58.0 Å². The zero-order chi connectivity index (χ0) is 13.9. The lowest BCUT2D eigenvalue weighted by atomic mass is 10.2. The summed E-state index contributed by atoms with van der Waals surface area (Å²) in [4.78, 5) is 7.24. The maximum atomic E-state index is 12.3. The number of pyridine rings is 2. The van der Waals surface area contributed by atoms with Gasteiger partial charge in [-0.2, -0.15) is 13.2 Å². The Morgan fingerprint density at radius 3 is 2.37 bits per heavy atom. The SMILES string of the molecule is Oc1ccc(NCc2ccc(C(F)(F)F)nc2)nc1. The Labute approximate surface area is 106 Å². The minimum Gasteiger partial charge on any atom is -0.506 e. The van der Waals surface area contributed by atoms with Crippen molar-refractivity contribution in [1.29, 1.82) is 0 Å². The molecule has 0 aliphatic carbocycles. The highest BCUT2D eigenvalue weighted by Crippen LogP contribution is 2.27. The molecule has 2 heterocycles. The zero-order valence-electron chi connectivity index (χ0n) is 9.65. The first-order valence-electron chi connectivity index (χ1n) is 5.36. The van der Waals surface area contributed by atoms with E-state index in [1.165, 1.54) is 18.3 Å². The van der Waals surface area contributed by atoms with E-state index in [-0.39, 0.29) is 5.75 Å². The molecule has 0 aromatic carbocycles. The van der Waals surface area contributed by atoms with Gasteiger partial charge in [0, 0.05) is 12.7 Å². The molecule has 0 atom stereocenters. The average molecular weight is 269 g/mol. The van der Waals surface area contributed by atoms with E-state index in [1.807, 2.05) is 0 Å². The van der Waals surface area contributed by atoms with Crippen molar-refractivity contribution < 1.29 is 18.3 Å². The van der Waals surface area contributed by atoms with E-state index in [0.717, 1.165) is 12.3 Å². The van der Waals surface area contributed by atoms with Crippen molar-refractivity contribution in [2.24, 2.45) is 0 Å². The Kier molecular flexibility index (Phi) is 3.55. The Morgan fingerprint density at radius 2 is 1.84 bits per heavy atom. The predicted molar refractivity (Wildman–Crippen MR) is 62.5 cm³/mol. The highest BCUT2D eigenvalue weighted by molar-refractivity contribution is 5.37. The minimum absolute atomic E-state index is 0.0433. The molecule has 2 aromatic heterocycles. The summed E-state index contributed by atoms with van der Waals surface area (Å²) in [5, 5.41) is 11.9. The second-order valence-corrected chi connectivity index (χ2v) is 3.80. The summed E-state index contributed by atoms with van der Waals surface area (Å²) < 4.78 is 36.9. The normalized spacial score (nSPS) is 11.3. The van der Waals surface area contributed by atoms with Crippen molar-refractivity contribution in [3.05, 3.63) is 47.9 Å². The molecule has 0 spiro atoms. The van der Waals surface area contributed by atoms with Crippen molar-refractivity contribution in [2.45, 2.75) is 12.7 Å². The summed E-state index contributed by atoms with van der Waals surface area (Å²) in [7, 11) is 0. The molecule has 0 amide bonds. The van der Waals surface area contributed by atoms with Gasteiger partial charge >= 0.3 is 6.18 Å². The zero-order valence-corrected chi connectivity index (χ0v) is 9.65. The molecule has 2 rings (SSSR count). The lowest BCUT2D eigenvalue weighted by molar-refractivity contribution is -0.141. The Morgan fingerprint density at radius 1 is 1.05 bits per heavy atom. The standard InChI is InChI=1S/C12H10F3N3O/c13-12(14,15)10-3-1-8(5-16-10)6-17-11-4-2-9(19)7-18-11/h1-5,7,19H,6H2,(H,17,18). The predicted octanol–water partition coefficient (Wildman–Crippen LogP) is 2.81. The van der Waals surface area contributed by atoms with Gasteiger partial charge < -0.3 is 10.4 Å². The molecule has 0 saturated heterocycles. The van der Waals surface area contributed by atoms with Crippen LogP contribution >= 0.6 is 0 Å². The van der Waals surface area contributed by atoms with Crippen LogP contribution in [-0.4, -0.2) is 15.1 Å². The van der Waals surface area contributed by atoms with Crippen molar-refractivity contribution >= 4 is 5.82 Å². The van der Waals surface area contributed by atoms with Crippen molar-refractivity contribution in [1.82, 2.24) is 9.97 Å². The highest BCUT2D eigenvalue weighted by atomic mass is 19.4. The van der Waals surface area contributed by atoms with Crippen molar-refractivity contribution in [3.8, 4) is 5.75 Å². The number of halogens is 3. The third-order valence-corrected chi connectivity index (χ3v) is 2.34. The molecule has 0 aliphatic heterocycles. The Balaban J connectivity index is 1.98. The molecular formula is C12H10F3N3O. The maximum Gasteiger partial charge on any atom is 0.433 e. The summed E-state index contributed by atoms with van der Waals surface area (Å²) in [5.41, 5.74) is -0.318. The molecule has 7 heteroatoms. The average Bonchev–Trinajstić information content (AvgIpc) is 2.37. The van der Waals surface area contributed by atoms with Crippen LogP contribution in [0.2, 0.25) is 0 Å². The van der Waals surface area contributed by atoms with Gasteiger partial charge in [-0.3, -0.25) is 4.98 Å². The van der Waals surface area contributed by atoms with E-state index in [4.69, 9.17) is 5.11 Å². The molecule has 2 aromatic rings. The molecule has 0 unspecified atom stereocenters. The van der Waals surface area contributed by atoms with Crippen LogP contribution in [0.5, 0.6) is 5.75 Å². The van der Waals surface area contributed by atoms with Gasteiger partial charge in [0.1, 0.15) is 17.3 Å². The van der Waals surface area contributed by atoms with Gasteiger partial charge in [0.25, 0.3) is 0 Å². The van der Waals surface area contributed by atoms with Crippen LogP contribution in [-0.2, 0) is 12.7 Å². The number of rotatable bonds is 3. The summed E-state index contributed by atoms with van der Waals surface area (Å²) >= 11 is 0. The lowest BCUT2D eigenvalue weighted by Crippen LogP contribution is -2.08. The van der Waals surface area contributed by atoms with Crippen molar-refractivity contribution in [2.75, 3.05) is 5.32 Å². The van der Waals surface area contributed by atoms with E-state index in [1.54, 1.807) is 6.07 Å². The van der Waals surface area contributed by atoms with Gasteiger partial charge in [0.05, 0.1) is 6.20 Å². The number of anilines is 1. The molecule has 0 aliphatic rings. The first-order valence-corrected chi connectivity index (χ1v) is 5.36. The summed E-state index contributed by atoms with van der Waals surface area (Å²) in [6, 6.07) is 5.30. The number of aromatic nitrogens is 2. The molecule has 0 radical (unpaired) electrons. The number of hydrogen-bond donors (Lipinski definition) is 2. The fourth-order valence-electron chi connectivity index (χ4n) is 1.38. The lowest BCUT2D eigenvalue weighted by Gasteiger charge is -2.08. The van der Waals surface area contributed by atoms with E-state index in [9.17, 15) is 13.2 Å². The number of nitrogens with one attached hydrogen (secondary N) is 1. The van der Waals surface area contributed by atoms with Gasteiger partial charge in [-0.15, -0.1) is 0 Å². The molecule has 19 heavy (non-hydrogen) atoms. The summed E-state index contributed by atoms with van der Waals surface area (Å²) in [6.45, 7) is 0.295. The van der Waals surface area contributed by atoms with Gasteiger partial charge in [-0.1, -0.05) is 6.07 Å². The van der Waals surface area contributed by atoms with Gasteiger partial charge in [0.2, 0.25) is 0 Å². The number of hydrogen-bond acceptors (Lipinski definition) is 4. The largest absolute Gasteiger partial charge is 0.506 e. The summed E-state index contributed by atoms with van der Waals surface area (Å²) in [5.74, 6) is 0.555. The van der Waals surface area contributed by atoms with Crippen LogP contribution in [0, 0.1) is 0 Å². The first-order chi connectivity index (χ1) is 8.95. The van der Waals surface area contributed by atoms with Gasteiger partial charge in [-0.25, -0.2) is 4.98 Å².